The van der Waals surface area contributed by atoms with E-state index in [9.17, 15) is 21.6 Å². The fourth-order valence-corrected chi connectivity index (χ4v) is 2.10. The van der Waals surface area contributed by atoms with Crippen molar-refractivity contribution in [2.24, 2.45) is 0 Å². The van der Waals surface area contributed by atoms with Gasteiger partial charge >= 0.3 is 5.51 Å². The Morgan fingerprint density at radius 3 is 2.31 bits per heavy atom. The van der Waals surface area contributed by atoms with Crippen LogP contribution in [0.2, 0.25) is 0 Å². The summed E-state index contributed by atoms with van der Waals surface area (Å²) in [6, 6.07) is 0. The lowest BCUT2D eigenvalue weighted by Gasteiger charge is -2.03. The number of anilines is 1. The Morgan fingerprint density at radius 1 is 1.46 bits per heavy atom. The molecule has 74 valence electrons. The van der Waals surface area contributed by atoms with E-state index in [1.807, 2.05) is 0 Å². The van der Waals surface area contributed by atoms with Crippen molar-refractivity contribution in [1.82, 2.24) is 4.98 Å². The van der Waals surface area contributed by atoms with Crippen LogP contribution in [0.1, 0.15) is 0 Å². The van der Waals surface area contributed by atoms with Gasteiger partial charge in [-0.2, -0.15) is 13.2 Å². The van der Waals surface area contributed by atoms with Crippen LogP contribution in [0.25, 0.3) is 0 Å². The molecule has 0 amide bonds. The van der Waals surface area contributed by atoms with E-state index in [-0.39, 0.29) is 5.13 Å². The van der Waals surface area contributed by atoms with E-state index >= 15 is 0 Å². The van der Waals surface area contributed by atoms with Gasteiger partial charge in [0, 0.05) is 5.38 Å². The van der Waals surface area contributed by atoms with E-state index in [4.69, 9.17) is 5.73 Å². The molecular weight excluding hydrogens is 229 g/mol. The third-order valence-electron chi connectivity index (χ3n) is 1.08. The predicted octanol–water partition coefficient (Wildman–Crippen LogP) is 1.02. The van der Waals surface area contributed by atoms with Crippen LogP contribution in [0, 0.1) is 0 Å². The molecule has 1 aromatic heterocycles. The lowest BCUT2D eigenvalue weighted by Crippen LogP contribution is -2.23. The molecule has 0 aliphatic carbocycles. The molecule has 0 saturated carbocycles. The lowest BCUT2D eigenvalue weighted by molar-refractivity contribution is -0.0437. The summed E-state index contributed by atoms with van der Waals surface area (Å²) in [5, 5.41) is -0.525. The number of halogens is 3. The Hall–Kier alpha value is -0.830. The summed E-state index contributed by atoms with van der Waals surface area (Å²) in [4.78, 5) is 3.04. The van der Waals surface area contributed by atoms with Gasteiger partial charge in [0.05, 0.1) is 0 Å². The first-order valence-corrected chi connectivity index (χ1v) is 5.14. The highest BCUT2D eigenvalue weighted by molar-refractivity contribution is 7.92. The van der Waals surface area contributed by atoms with Gasteiger partial charge in [-0.1, -0.05) is 0 Å². The quantitative estimate of drug-likeness (QED) is 0.784. The van der Waals surface area contributed by atoms with Crippen molar-refractivity contribution < 1.29 is 21.6 Å². The van der Waals surface area contributed by atoms with Gasteiger partial charge in [-0.3, -0.25) is 0 Å². The number of sulfone groups is 1. The summed E-state index contributed by atoms with van der Waals surface area (Å²) in [6.07, 6.45) is 0. The molecule has 1 heterocycles. The van der Waals surface area contributed by atoms with E-state index < -0.39 is 20.4 Å². The Kier molecular flexibility index (Phi) is 2.24. The average Bonchev–Trinajstić information content (AvgIpc) is 2.33. The summed E-state index contributed by atoms with van der Waals surface area (Å²) in [7, 11) is -5.34. The van der Waals surface area contributed by atoms with Crippen LogP contribution < -0.4 is 5.73 Å². The van der Waals surface area contributed by atoms with Crippen LogP contribution in [0.5, 0.6) is 0 Å². The maximum Gasteiger partial charge on any atom is 0.503 e. The number of thiazole rings is 1. The van der Waals surface area contributed by atoms with E-state index in [0.717, 1.165) is 5.38 Å². The number of hydrogen-bond acceptors (Lipinski definition) is 5. The zero-order valence-electron chi connectivity index (χ0n) is 5.87. The van der Waals surface area contributed by atoms with Crippen LogP contribution >= 0.6 is 11.3 Å². The second kappa shape index (κ2) is 2.84. The van der Waals surface area contributed by atoms with Crippen molar-refractivity contribution in [1.29, 1.82) is 0 Å². The van der Waals surface area contributed by atoms with E-state index in [1.165, 1.54) is 0 Å². The maximum atomic E-state index is 11.9. The van der Waals surface area contributed by atoms with Crippen molar-refractivity contribution in [2.45, 2.75) is 10.5 Å². The minimum atomic E-state index is -5.34. The molecule has 4 nitrogen and oxygen atoms in total. The fraction of sp³-hybridized carbons (Fsp3) is 0.250. The van der Waals surface area contributed by atoms with Gasteiger partial charge in [0.1, 0.15) is 0 Å². The number of rotatable bonds is 1. The van der Waals surface area contributed by atoms with E-state index in [0.29, 0.717) is 11.3 Å². The molecule has 0 spiro atoms. The SMILES string of the molecule is Nc1nc(S(=O)(=O)C(F)(F)F)cs1. The number of alkyl halides is 3. The van der Waals surface area contributed by atoms with Gasteiger partial charge < -0.3 is 5.73 Å². The predicted molar refractivity (Wildman–Crippen MR) is 39.8 cm³/mol. The molecule has 0 atom stereocenters. The summed E-state index contributed by atoms with van der Waals surface area (Å²) < 4.78 is 56.9. The average molecular weight is 232 g/mol. The van der Waals surface area contributed by atoms with Crippen LogP contribution in [0.4, 0.5) is 18.3 Å². The smallest absolute Gasteiger partial charge is 0.375 e. The Labute approximate surface area is 75.1 Å². The summed E-state index contributed by atoms with van der Waals surface area (Å²) in [5.41, 5.74) is -0.332. The van der Waals surface area contributed by atoms with E-state index in [1.54, 1.807) is 0 Å². The van der Waals surface area contributed by atoms with Crippen LogP contribution in [-0.4, -0.2) is 18.9 Å². The molecule has 0 radical (unpaired) electrons. The summed E-state index contributed by atoms with van der Waals surface area (Å²) >= 11 is 0.635. The van der Waals surface area contributed by atoms with E-state index in [2.05, 4.69) is 4.98 Å². The summed E-state index contributed by atoms with van der Waals surface area (Å²) in [5.74, 6) is 0. The van der Waals surface area contributed by atoms with Crippen LogP contribution in [0.3, 0.4) is 0 Å². The number of hydrogen-bond donors (Lipinski definition) is 1. The first-order chi connectivity index (χ1) is 5.75. The van der Waals surface area contributed by atoms with Gasteiger partial charge in [-0.25, -0.2) is 13.4 Å². The lowest BCUT2D eigenvalue weighted by atomic mass is 11.0. The first kappa shape index (κ1) is 10.3. The van der Waals surface area contributed by atoms with Crippen LogP contribution in [0.15, 0.2) is 10.4 Å². The second-order valence-corrected chi connectivity index (χ2v) is 4.75. The monoisotopic (exact) mass is 232 g/mol. The molecule has 1 rings (SSSR count). The number of aromatic nitrogens is 1. The first-order valence-electron chi connectivity index (χ1n) is 2.77. The Balaban J connectivity index is 3.24. The molecule has 0 aliphatic rings. The van der Waals surface area contributed by atoms with Gasteiger partial charge in [-0.15, -0.1) is 11.3 Å². The minimum Gasteiger partial charge on any atom is -0.375 e. The highest BCUT2D eigenvalue weighted by Crippen LogP contribution is 2.31. The maximum absolute atomic E-state index is 11.9. The largest absolute Gasteiger partial charge is 0.503 e. The van der Waals surface area contributed by atoms with Crippen molar-refractivity contribution >= 4 is 26.3 Å². The minimum absolute atomic E-state index is 0.220. The zero-order valence-corrected chi connectivity index (χ0v) is 7.50. The van der Waals surface area contributed by atoms with Crippen molar-refractivity contribution in [3.63, 3.8) is 0 Å². The molecule has 2 N–H and O–H groups in total. The Morgan fingerprint density at radius 2 is 2.00 bits per heavy atom. The third-order valence-corrected chi connectivity index (χ3v) is 3.27. The molecule has 0 aliphatic heterocycles. The molecule has 0 saturated heterocycles. The number of nitrogen functional groups attached to an aromatic ring is 1. The fourth-order valence-electron chi connectivity index (χ4n) is 0.514. The Bertz CT molecular complexity index is 407. The molecule has 0 aromatic carbocycles. The number of nitrogens with two attached hydrogens (primary N) is 1. The zero-order chi connectivity index (χ0) is 10.3. The molecule has 9 heteroatoms. The second-order valence-electron chi connectivity index (χ2n) is 1.97. The molecular formula is C4H3F3N2O2S2. The molecule has 13 heavy (non-hydrogen) atoms. The molecule has 0 unspecified atom stereocenters. The molecule has 0 fully saturated rings. The highest BCUT2D eigenvalue weighted by atomic mass is 32.2. The summed E-state index contributed by atoms with van der Waals surface area (Å²) in [6.45, 7) is 0. The third kappa shape index (κ3) is 1.75. The topological polar surface area (TPSA) is 73.0 Å². The van der Waals surface area contributed by atoms with Crippen molar-refractivity contribution in [2.75, 3.05) is 5.73 Å². The van der Waals surface area contributed by atoms with Gasteiger partial charge in [0.2, 0.25) is 0 Å². The standard InChI is InChI=1S/C4H3F3N2O2S2/c5-4(6,7)13(10,11)2-1-12-3(8)9-2/h1H,(H2,8,9). The normalized spacial score (nSPS) is 13.2. The molecule has 0 bridgehead atoms. The highest BCUT2D eigenvalue weighted by Gasteiger charge is 2.48. The van der Waals surface area contributed by atoms with Crippen molar-refractivity contribution in [3.8, 4) is 0 Å². The van der Waals surface area contributed by atoms with Gasteiger partial charge in [0.15, 0.2) is 10.2 Å². The van der Waals surface area contributed by atoms with Crippen molar-refractivity contribution in [3.05, 3.63) is 5.38 Å². The molecule has 1 aromatic rings. The van der Waals surface area contributed by atoms with Crippen LogP contribution in [-0.2, 0) is 9.84 Å². The number of nitrogens with zero attached hydrogens (tertiary/aromatic N) is 1. The van der Waals surface area contributed by atoms with Gasteiger partial charge in [0.25, 0.3) is 9.84 Å². The van der Waals surface area contributed by atoms with Gasteiger partial charge in [-0.05, 0) is 0 Å².